The van der Waals surface area contributed by atoms with Crippen LogP contribution in [0, 0.1) is 5.82 Å². The van der Waals surface area contributed by atoms with Crippen LogP contribution in [0.15, 0.2) is 54.6 Å². The number of Topliss-reactive ketones (excluding diaryl/α,β-unsaturated/α-hetero) is 1. The lowest BCUT2D eigenvalue weighted by molar-refractivity contribution is 0.0987. The average Bonchev–Trinajstić information content (AvgIpc) is 2.49. The van der Waals surface area contributed by atoms with Crippen molar-refractivity contribution in [1.82, 2.24) is 0 Å². The summed E-state index contributed by atoms with van der Waals surface area (Å²) in [6, 6.07) is 14.5. The van der Waals surface area contributed by atoms with Crippen LogP contribution in [0.5, 0.6) is 0 Å². The monoisotopic (exact) mass is 254 g/mol. The van der Waals surface area contributed by atoms with E-state index in [9.17, 15) is 9.18 Å². The topological polar surface area (TPSA) is 17.1 Å². The minimum Gasteiger partial charge on any atom is -0.294 e. The third kappa shape index (κ3) is 4.06. The molecule has 2 aromatic rings. The van der Waals surface area contributed by atoms with Gasteiger partial charge in [0, 0.05) is 11.4 Å². The molecule has 0 amide bonds. The minimum atomic E-state index is -0.707. The van der Waals surface area contributed by atoms with E-state index in [1.54, 1.807) is 12.1 Å². The van der Waals surface area contributed by atoms with Crippen LogP contribution in [0.25, 0.3) is 0 Å². The van der Waals surface area contributed by atoms with Gasteiger partial charge in [0.05, 0.1) is 7.85 Å². The van der Waals surface area contributed by atoms with Gasteiger partial charge in [-0.1, -0.05) is 44.2 Å². The van der Waals surface area contributed by atoms with Crippen molar-refractivity contribution in [2.45, 2.75) is 19.7 Å². The highest BCUT2D eigenvalue weighted by Crippen LogP contribution is 2.17. The summed E-state index contributed by atoms with van der Waals surface area (Å²) < 4.78 is 12.7. The minimum absolute atomic E-state index is 0.212. The maximum Gasteiger partial charge on any atom is 0.161 e. The van der Waals surface area contributed by atoms with Crippen LogP contribution in [0.3, 0.4) is 0 Å². The summed E-state index contributed by atoms with van der Waals surface area (Å²) in [5, 5.41) is 0. The van der Waals surface area contributed by atoms with Crippen LogP contribution in [0.1, 0.15) is 35.6 Å². The highest BCUT2D eigenvalue weighted by molar-refractivity contribution is 6.28. The summed E-state index contributed by atoms with van der Waals surface area (Å²) in [6.07, 6.45) is 0. The van der Waals surface area contributed by atoms with Gasteiger partial charge >= 0.3 is 0 Å². The first-order valence-corrected chi connectivity index (χ1v) is 6.29. The molecular weight excluding hydrogens is 238 g/mol. The molecule has 0 aliphatic carbocycles. The molecule has 0 spiro atoms. The highest BCUT2D eigenvalue weighted by atomic mass is 19.1. The number of rotatable bonds is 3. The molecule has 19 heavy (non-hydrogen) atoms. The Bertz CT molecular complexity index is 508. The molecule has 0 heterocycles. The SMILES string of the molecule is CC.[B]C(C(=O)c1ccc(F)cc1)c1ccccc1. The number of hydrogen-bond donors (Lipinski definition) is 0. The van der Waals surface area contributed by atoms with Crippen molar-refractivity contribution in [2.75, 3.05) is 0 Å². The van der Waals surface area contributed by atoms with E-state index in [2.05, 4.69) is 0 Å². The molecule has 0 aliphatic rings. The largest absolute Gasteiger partial charge is 0.294 e. The van der Waals surface area contributed by atoms with E-state index < -0.39 is 5.82 Å². The van der Waals surface area contributed by atoms with Crippen LogP contribution < -0.4 is 0 Å². The molecule has 0 aromatic heterocycles. The van der Waals surface area contributed by atoms with Crippen molar-refractivity contribution in [3.63, 3.8) is 0 Å². The van der Waals surface area contributed by atoms with Crippen molar-refractivity contribution in [3.05, 3.63) is 71.5 Å². The fourth-order valence-electron chi connectivity index (χ4n) is 1.61. The van der Waals surface area contributed by atoms with Gasteiger partial charge in [0.1, 0.15) is 5.82 Å². The van der Waals surface area contributed by atoms with Crippen LogP contribution in [0.2, 0.25) is 0 Å². The predicted octanol–water partition coefficient (Wildman–Crippen LogP) is 3.94. The van der Waals surface area contributed by atoms with Gasteiger partial charge in [-0.25, -0.2) is 4.39 Å². The molecule has 1 atom stereocenters. The van der Waals surface area contributed by atoms with Crippen molar-refractivity contribution in [3.8, 4) is 0 Å². The van der Waals surface area contributed by atoms with E-state index in [1.807, 2.05) is 32.0 Å². The van der Waals surface area contributed by atoms with Crippen LogP contribution in [-0.4, -0.2) is 13.6 Å². The summed E-state index contributed by atoms with van der Waals surface area (Å²) in [4.78, 5) is 12.0. The quantitative estimate of drug-likeness (QED) is 0.598. The summed E-state index contributed by atoms with van der Waals surface area (Å²) in [6.45, 7) is 4.00. The molecule has 3 heteroatoms. The summed E-state index contributed by atoms with van der Waals surface area (Å²) in [5.41, 5.74) is 1.17. The Morgan fingerprint density at radius 2 is 1.53 bits per heavy atom. The Hall–Kier alpha value is -1.90. The zero-order valence-electron chi connectivity index (χ0n) is 11.1. The molecule has 0 aliphatic heterocycles. The average molecular weight is 254 g/mol. The van der Waals surface area contributed by atoms with E-state index >= 15 is 0 Å². The third-order valence-corrected chi connectivity index (χ3v) is 2.57. The molecule has 2 radical (unpaired) electrons. The summed E-state index contributed by atoms with van der Waals surface area (Å²) >= 11 is 0. The predicted molar refractivity (Wildman–Crippen MR) is 77.0 cm³/mol. The zero-order valence-corrected chi connectivity index (χ0v) is 11.1. The lowest BCUT2D eigenvalue weighted by atomic mass is 9.76. The highest BCUT2D eigenvalue weighted by Gasteiger charge is 2.16. The second kappa shape index (κ2) is 7.52. The summed E-state index contributed by atoms with van der Waals surface area (Å²) in [7, 11) is 5.87. The van der Waals surface area contributed by atoms with Crippen molar-refractivity contribution < 1.29 is 9.18 Å². The van der Waals surface area contributed by atoms with Crippen LogP contribution >= 0.6 is 0 Å². The van der Waals surface area contributed by atoms with Crippen molar-refractivity contribution in [1.29, 1.82) is 0 Å². The van der Waals surface area contributed by atoms with Gasteiger partial charge in [-0.15, -0.1) is 0 Å². The maximum absolute atomic E-state index is 12.7. The first-order chi connectivity index (χ1) is 9.18. The number of carbonyl (C=O) groups excluding carboxylic acids is 1. The van der Waals surface area contributed by atoms with E-state index in [4.69, 9.17) is 7.85 Å². The van der Waals surface area contributed by atoms with Crippen molar-refractivity contribution in [2.24, 2.45) is 0 Å². The molecule has 0 N–H and O–H groups in total. The zero-order chi connectivity index (χ0) is 14.3. The van der Waals surface area contributed by atoms with Gasteiger partial charge in [-0.3, -0.25) is 4.79 Å². The Morgan fingerprint density at radius 3 is 2.05 bits per heavy atom. The fourth-order valence-corrected chi connectivity index (χ4v) is 1.61. The Morgan fingerprint density at radius 1 is 1.00 bits per heavy atom. The molecule has 0 bridgehead atoms. The van der Waals surface area contributed by atoms with E-state index in [0.29, 0.717) is 5.56 Å². The molecule has 96 valence electrons. The number of hydrogen-bond acceptors (Lipinski definition) is 1. The number of carbonyl (C=O) groups is 1. The molecular formula is C16H16BFO. The van der Waals surface area contributed by atoms with Crippen LogP contribution in [-0.2, 0) is 0 Å². The molecule has 1 unspecified atom stereocenters. The third-order valence-electron chi connectivity index (χ3n) is 2.57. The van der Waals surface area contributed by atoms with Gasteiger partial charge in [-0.05, 0) is 29.8 Å². The Balaban J connectivity index is 0.000000861. The van der Waals surface area contributed by atoms with E-state index in [-0.39, 0.29) is 11.6 Å². The first kappa shape index (κ1) is 15.2. The maximum atomic E-state index is 12.7. The lowest BCUT2D eigenvalue weighted by Gasteiger charge is -2.11. The number of ketones is 1. The van der Waals surface area contributed by atoms with Gasteiger partial charge in [0.15, 0.2) is 5.78 Å². The standard InChI is InChI=1S/C14H10BFO.C2H6/c15-13(10-4-2-1-3-5-10)14(17)11-6-8-12(16)9-7-11;1-2/h1-9,13H;1-2H3. The fraction of sp³-hybridized carbons (Fsp3) is 0.188. The molecule has 2 rings (SSSR count). The second-order valence-corrected chi connectivity index (χ2v) is 3.76. The van der Waals surface area contributed by atoms with Gasteiger partial charge in [0.25, 0.3) is 0 Å². The van der Waals surface area contributed by atoms with Gasteiger partial charge in [0.2, 0.25) is 0 Å². The normalized spacial score (nSPS) is 11.1. The smallest absolute Gasteiger partial charge is 0.161 e. The van der Waals surface area contributed by atoms with Gasteiger partial charge in [-0.2, -0.15) is 0 Å². The van der Waals surface area contributed by atoms with Crippen LogP contribution in [0.4, 0.5) is 4.39 Å². The van der Waals surface area contributed by atoms with E-state index in [1.165, 1.54) is 24.3 Å². The number of benzene rings is 2. The van der Waals surface area contributed by atoms with Gasteiger partial charge < -0.3 is 0 Å². The molecule has 1 nitrogen and oxygen atoms in total. The molecule has 0 fully saturated rings. The Kier molecular flexibility index (Phi) is 6.00. The molecule has 0 saturated carbocycles. The lowest BCUT2D eigenvalue weighted by Crippen LogP contribution is -2.12. The van der Waals surface area contributed by atoms with E-state index in [0.717, 1.165) is 5.56 Å². The van der Waals surface area contributed by atoms with Crippen molar-refractivity contribution >= 4 is 13.6 Å². The number of halogens is 1. The second-order valence-electron chi connectivity index (χ2n) is 3.76. The Labute approximate surface area is 114 Å². The molecule has 0 saturated heterocycles. The summed E-state index contributed by atoms with van der Waals surface area (Å²) in [5.74, 6) is -1.28. The molecule has 2 aromatic carbocycles. The first-order valence-electron chi connectivity index (χ1n) is 6.29.